The zero-order valence-electron chi connectivity index (χ0n) is 6.90. The van der Waals surface area contributed by atoms with E-state index in [2.05, 4.69) is 17.5 Å². The third kappa shape index (κ3) is 2.29. The number of aliphatic hydroxyl groups is 1. The van der Waals surface area contributed by atoms with E-state index in [1.165, 1.54) is 6.20 Å². The van der Waals surface area contributed by atoms with Crippen LogP contribution in [0.5, 0.6) is 0 Å². The number of nitrogens with zero attached hydrogens (tertiary/aromatic N) is 4. The van der Waals surface area contributed by atoms with Gasteiger partial charge in [0.25, 0.3) is 0 Å². The molecule has 0 radical (unpaired) electrons. The molecule has 14 heavy (non-hydrogen) atoms. The molecule has 0 spiro atoms. The van der Waals surface area contributed by atoms with Crippen molar-refractivity contribution in [1.29, 1.82) is 0 Å². The molecule has 0 amide bonds. The minimum Gasteiger partial charge on any atom is -0.363 e. The number of aromatic nitrogens is 4. The molecule has 8 heteroatoms. The van der Waals surface area contributed by atoms with E-state index in [9.17, 15) is 5.11 Å². The highest BCUT2D eigenvalue weighted by atomic mass is 32.1. The standard InChI is InChI=1S/C6H6N4O2S2/c11-6(5-2-8-14-10-5)12-3-4-1-7-13-9-4/h1-2,6,11H,3H2. The number of rotatable bonds is 4. The SMILES string of the molecule is OC(OCc1cnsn1)c1cnsn1. The fraction of sp³-hybridized carbons (Fsp3) is 0.333. The Bertz CT molecular complexity index is 363. The molecular formula is C6H6N4O2S2. The first-order chi connectivity index (χ1) is 6.86. The highest BCUT2D eigenvalue weighted by Gasteiger charge is 2.11. The van der Waals surface area contributed by atoms with Gasteiger partial charge >= 0.3 is 0 Å². The van der Waals surface area contributed by atoms with Crippen molar-refractivity contribution in [2.24, 2.45) is 0 Å². The average molecular weight is 230 g/mol. The summed E-state index contributed by atoms with van der Waals surface area (Å²) in [6.07, 6.45) is 2.01. The van der Waals surface area contributed by atoms with Gasteiger partial charge in [0.2, 0.25) is 6.29 Å². The van der Waals surface area contributed by atoms with E-state index >= 15 is 0 Å². The molecule has 0 aliphatic carbocycles. The zero-order chi connectivity index (χ0) is 9.80. The molecule has 0 aliphatic heterocycles. The Morgan fingerprint density at radius 2 is 2.07 bits per heavy atom. The van der Waals surface area contributed by atoms with Gasteiger partial charge in [-0.2, -0.15) is 17.5 Å². The van der Waals surface area contributed by atoms with Crippen LogP contribution in [0, 0.1) is 0 Å². The first-order valence-corrected chi connectivity index (χ1v) is 5.16. The highest BCUT2D eigenvalue weighted by Crippen LogP contribution is 2.13. The van der Waals surface area contributed by atoms with Crippen molar-refractivity contribution in [3.05, 3.63) is 23.8 Å². The lowest BCUT2D eigenvalue weighted by molar-refractivity contribution is -0.114. The summed E-state index contributed by atoms with van der Waals surface area (Å²) in [6, 6.07) is 0. The van der Waals surface area contributed by atoms with Crippen LogP contribution < -0.4 is 0 Å². The van der Waals surface area contributed by atoms with E-state index in [0.717, 1.165) is 23.5 Å². The van der Waals surface area contributed by atoms with Gasteiger partial charge in [0.1, 0.15) is 11.4 Å². The van der Waals surface area contributed by atoms with Crippen LogP contribution >= 0.6 is 23.5 Å². The van der Waals surface area contributed by atoms with Gasteiger partial charge in [0.05, 0.1) is 42.5 Å². The molecule has 0 bridgehead atoms. The third-order valence-corrected chi connectivity index (χ3v) is 2.44. The fourth-order valence-electron chi connectivity index (χ4n) is 0.778. The number of hydrogen-bond donors (Lipinski definition) is 1. The normalized spacial score (nSPS) is 12.9. The van der Waals surface area contributed by atoms with Gasteiger partial charge in [0.15, 0.2) is 0 Å². The van der Waals surface area contributed by atoms with Crippen LogP contribution in [0.15, 0.2) is 12.4 Å². The van der Waals surface area contributed by atoms with Crippen LogP contribution in [-0.2, 0) is 11.3 Å². The lowest BCUT2D eigenvalue weighted by Gasteiger charge is -2.06. The first-order valence-electron chi connectivity index (χ1n) is 3.70. The summed E-state index contributed by atoms with van der Waals surface area (Å²) < 4.78 is 20.4. The Kier molecular flexibility index (Phi) is 3.09. The quantitative estimate of drug-likeness (QED) is 0.774. The Balaban J connectivity index is 1.87. The molecule has 0 saturated carbocycles. The van der Waals surface area contributed by atoms with E-state index < -0.39 is 6.29 Å². The summed E-state index contributed by atoms with van der Waals surface area (Å²) in [6.45, 7) is 0.217. The van der Waals surface area contributed by atoms with Gasteiger partial charge in [-0.1, -0.05) is 0 Å². The second-order valence-electron chi connectivity index (χ2n) is 2.39. The van der Waals surface area contributed by atoms with Gasteiger partial charge in [-0.15, -0.1) is 0 Å². The summed E-state index contributed by atoms with van der Waals surface area (Å²) >= 11 is 2.13. The van der Waals surface area contributed by atoms with Crippen LogP contribution in [0.4, 0.5) is 0 Å². The fourth-order valence-corrected chi connectivity index (χ4v) is 1.63. The lowest BCUT2D eigenvalue weighted by Crippen LogP contribution is -2.03. The molecule has 0 aliphatic rings. The second kappa shape index (κ2) is 4.51. The number of ether oxygens (including phenoxy) is 1. The molecule has 0 aromatic carbocycles. The monoisotopic (exact) mass is 230 g/mol. The molecule has 1 unspecified atom stereocenters. The Morgan fingerprint density at radius 1 is 1.29 bits per heavy atom. The maximum Gasteiger partial charge on any atom is 0.201 e. The van der Waals surface area contributed by atoms with E-state index in [0.29, 0.717) is 11.4 Å². The zero-order valence-corrected chi connectivity index (χ0v) is 8.53. The van der Waals surface area contributed by atoms with E-state index in [1.807, 2.05) is 0 Å². The molecule has 2 heterocycles. The molecule has 1 atom stereocenters. The molecule has 6 nitrogen and oxygen atoms in total. The van der Waals surface area contributed by atoms with Crippen molar-refractivity contribution in [3.63, 3.8) is 0 Å². The van der Waals surface area contributed by atoms with Crippen LogP contribution in [0.1, 0.15) is 17.7 Å². The van der Waals surface area contributed by atoms with Crippen LogP contribution in [0.3, 0.4) is 0 Å². The molecule has 0 fully saturated rings. The van der Waals surface area contributed by atoms with E-state index in [-0.39, 0.29) is 6.61 Å². The second-order valence-corrected chi connectivity index (χ2v) is 3.51. The Labute approximate surface area is 87.8 Å². The van der Waals surface area contributed by atoms with Gasteiger partial charge in [0, 0.05) is 0 Å². The number of hydrogen-bond acceptors (Lipinski definition) is 8. The maximum absolute atomic E-state index is 9.45. The average Bonchev–Trinajstić information content (AvgIpc) is 2.87. The molecule has 74 valence electrons. The molecule has 2 rings (SSSR count). The maximum atomic E-state index is 9.45. The predicted molar refractivity (Wildman–Crippen MR) is 49.6 cm³/mol. The summed E-state index contributed by atoms with van der Waals surface area (Å²) in [4.78, 5) is 0. The largest absolute Gasteiger partial charge is 0.363 e. The summed E-state index contributed by atoms with van der Waals surface area (Å²) in [5.74, 6) is 0. The molecule has 2 aromatic heterocycles. The van der Waals surface area contributed by atoms with Crippen LogP contribution in [0.25, 0.3) is 0 Å². The topological polar surface area (TPSA) is 81.0 Å². The summed E-state index contributed by atoms with van der Waals surface area (Å²) in [7, 11) is 0. The predicted octanol–water partition coefficient (Wildman–Crippen LogP) is 0.597. The minimum atomic E-state index is -1.05. The van der Waals surface area contributed by atoms with Crippen molar-refractivity contribution in [2.75, 3.05) is 0 Å². The van der Waals surface area contributed by atoms with Crippen molar-refractivity contribution < 1.29 is 9.84 Å². The summed E-state index contributed by atoms with van der Waals surface area (Å²) in [5, 5.41) is 9.45. The van der Waals surface area contributed by atoms with Crippen LogP contribution in [0.2, 0.25) is 0 Å². The number of aliphatic hydroxyl groups excluding tert-OH is 1. The highest BCUT2D eigenvalue weighted by molar-refractivity contribution is 6.99. The van der Waals surface area contributed by atoms with Gasteiger partial charge in [-0.25, -0.2) is 0 Å². The van der Waals surface area contributed by atoms with Crippen LogP contribution in [-0.4, -0.2) is 22.6 Å². The van der Waals surface area contributed by atoms with Crippen molar-refractivity contribution in [2.45, 2.75) is 12.9 Å². The van der Waals surface area contributed by atoms with E-state index in [4.69, 9.17) is 4.74 Å². The Hall–Kier alpha value is -0.960. The van der Waals surface area contributed by atoms with Crippen molar-refractivity contribution in [3.8, 4) is 0 Å². The molecule has 1 N–H and O–H groups in total. The van der Waals surface area contributed by atoms with Gasteiger partial charge < -0.3 is 9.84 Å². The Morgan fingerprint density at radius 3 is 2.71 bits per heavy atom. The summed E-state index contributed by atoms with van der Waals surface area (Å²) in [5.41, 5.74) is 1.11. The molecule has 2 aromatic rings. The smallest absolute Gasteiger partial charge is 0.201 e. The van der Waals surface area contributed by atoms with E-state index in [1.54, 1.807) is 6.20 Å². The lowest BCUT2D eigenvalue weighted by atomic mass is 10.4. The van der Waals surface area contributed by atoms with Gasteiger partial charge in [-0.3, -0.25) is 0 Å². The molecule has 0 saturated heterocycles. The molecular weight excluding hydrogens is 224 g/mol. The third-order valence-electron chi connectivity index (χ3n) is 1.43. The minimum absolute atomic E-state index is 0.217. The van der Waals surface area contributed by atoms with Crippen molar-refractivity contribution >= 4 is 23.5 Å². The van der Waals surface area contributed by atoms with Gasteiger partial charge in [-0.05, 0) is 0 Å². The first kappa shape index (κ1) is 9.59. The van der Waals surface area contributed by atoms with Crippen molar-refractivity contribution in [1.82, 2.24) is 17.5 Å².